The van der Waals surface area contributed by atoms with Crippen LogP contribution in [0, 0.1) is 5.92 Å². The first-order valence-electron chi connectivity index (χ1n) is 5.60. The Morgan fingerprint density at radius 2 is 2.00 bits per heavy atom. The van der Waals surface area contributed by atoms with Crippen molar-refractivity contribution in [3.63, 3.8) is 0 Å². The molecule has 0 spiro atoms. The Kier molecular flexibility index (Phi) is 7.09. The fourth-order valence-corrected chi connectivity index (χ4v) is 1.74. The molecule has 15 heavy (non-hydrogen) atoms. The minimum Gasteiger partial charge on any atom is -0.396 e. The van der Waals surface area contributed by atoms with E-state index in [1.165, 1.54) is 0 Å². The summed E-state index contributed by atoms with van der Waals surface area (Å²) in [6.45, 7) is 7.64. The molecule has 0 saturated heterocycles. The number of aliphatic hydroxyl groups excluding tert-OH is 1. The van der Waals surface area contributed by atoms with Crippen LogP contribution in [0.2, 0.25) is 0 Å². The predicted octanol–water partition coefficient (Wildman–Crippen LogP) is 0.347. The van der Waals surface area contributed by atoms with Crippen molar-refractivity contribution in [2.24, 2.45) is 11.7 Å². The van der Waals surface area contributed by atoms with Crippen molar-refractivity contribution < 1.29 is 9.84 Å². The molecule has 0 aromatic heterocycles. The van der Waals surface area contributed by atoms with Gasteiger partial charge < -0.3 is 20.9 Å². The van der Waals surface area contributed by atoms with Gasteiger partial charge in [-0.25, -0.2) is 0 Å². The Balaban J connectivity index is 4.46. The lowest BCUT2D eigenvalue weighted by Gasteiger charge is -2.39. The van der Waals surface area contributed by atoms with E-state index < -0.39 is 0 Å². The summed E-state index contributed by atoms with van der Waals surface area (Å²) in [6.07, 6.45) is 0.734. The molecule has 4 nitrogen and oxygen atoms in total. The highest BCUT2D eigenvalue weighted by molar-refractivity contribution is 4.93. The van der Waals surface area contributed by atoms with Crippen molar-refractivity contribution in [2.75, 3.05) is 26.9 Å². The predicted molar refractivity (Wildman–Crippen MR) is 62.8 cm³/mol. The average molecular weight is 218 g/mol. The molecule has 0 radical (unpaired) electrons. The summed E-state index contributed by atoms with van der Waals surface area (Å²) in [6, 6.07) is 0.246. The van der Waals surface area contributed by atoms with E-state index in [2.05, 4.69) is 26.1 Å². The van der Waals surface area contributed by atoms with E-state index in [0.29, 0.717) is 19.1 Å². The quantitative estimate of drug-likeness (QED) is 0.550. The molecule has 92 valence electrons. The summed E-state index contributed by atoms with van der Waals surface area (Å²) in [5, 5.41) is 12.3. The number of ether oxygens (including phenoxy) is 1. The molecule has 2 atom stereocenters. The highest BCUT2D eigenvalue weighted by Gasteiger charge is 2.33. The standard InChI is InChI=1S/C11H26N2O2/c1-9(2)11(7-12,8-15-4)13-10(3)5-6-14/h9-10,13-14H,5-8,12H2,1-4H3. The first kappa shape index (κ1) is 14.8. The summed E-state index contributed by atoms with van der Waals surface area (Å²) in [5.41, 5.74) is 5.64. The smallest absolute Gasteiger partial charge is 0.0659 e. The van der Waals surface area contributed by atoms with Gasteiger partial charge in [0.25, 0.3) is 0 Å². The highest BCUT2D eigenvalue weighted by atomic mass is 16.5. The number of rotatable bonds is 8. The number of hydrogen-bond donors (Lipinski definition) is 3. The van der Waals surface area contributed by atoms with Gasteiger partial charge in [-0.1, -0.05) is 13.8 Å². The summed E-state index contributed by atoms with van der Waals surface area (Å²) in [5.74, 6) is 0.392. The fraction of sp³-hybridized carbons (Fsp3) is 1.00. The number of hydrogen-bond acceptors (Lipinski definition) is 4. The third-order valence-electron chi connectivity index (χ3n) is 2.97. The topological polar surface area (TPSA) is 67.5 Å². The molecule has 0 amide bonds. The normalized spacial score (nSPS) is 17.8. The zero-order valence-corrected chi connectivity index (χ0v) is 10.4. The Morgan fingerprint density at radius 3 is 2.33 bits per heavy atom. The molecule has 0 heterocycles. The number of nitrogens with one attached hydrogen (secondary N) is 1. The highest BCUT2D eigenvalue weighted by Crippen LogP contribution is 2.17. The zero-order chi connectivity index (χ0) is 11.9. The molecule has 4 N–H and O–H groups in total. The summed E-state index contributed by atoms with van der Waals surface area (Å²) >= 11 is 0. The number of methoxy groups -OCH3 is 1. The van der Waals surface area contributed by atoms with Gasteiger partial charge in [0.15, 0.2) is 0 Å². The van der Waals surface area contributed by atoms with Crippen LogP contribution in [0.25, 0.3) is 0 Å². The van der Waals surface area contributed by atoms with Crippen LogP contribution >= 0.6 is 0 Å². The fourth-order valence-electron chi connectivity index (χ4n) is 1.74. The van der Waals surface area contributed by atoms with Gasteiger partial charge in [0, 0.05) is 26.3 Å². The second-order valence-corrected chi connectivity index (χ2v) is 4.51. The summed E-state index contributed by atoms with van der Waals surface area (Å²) < 4.78 is 5.23. The van der Waals surface area contributed by atoms with E-state index in [0.717, 1.165) is 6.42 Å². The third kappa shape index (κ3) is 4.47. The van der Waals surface area contributed by atoms with Crippen LogP contribution < -0.4 is 11.1 Å². The zero-order valence-electron chi connectivity index (χ0n) is 10.4. The largest absolute Gasteiger partial charge is 0.396 e. The van der Waals surface area contributed by atoms with E-state index in [1.807, 2.05) is 0 Å². The Morgan fingerprint density at radius 1 is 1.40 bits per heavy atom. The molecule has 2 unspecified atom stereocenters. The maximum atomic E-state index is 8.87. The maximum absolute atomic E-state index is 8.87. The molecular weight excluding hydrogens is 192 g/mol. The number of nitrogens with two attached hydrogens (primary N) is 1. The maximum Gasteiger partial charge on any atom is 0.0659 e. The van der Waals surface area contributed by atoms with Gasteiger partial charge in [-0.3, -0.25) is 0 Å². The summed E-state index contributed by atoms with van der Waals surface area (Å²) in [7, 11) is 1.69. The molecule has 0 bridgehead atoms. The monoisotopic (exact) mass is 218 g/mol. The molecule has 0 saturated carbocycles. The van der Waals surface area contributed by atoms with Crippen LogP contribution in [0.5, 0.6) is 0 Å². The van der Waals surface area contributed by atoms with Crippen molar-refractivity contribution in [3.8, 4) is 0 Å². The van der Waals surface area contributed by atoms with Crippen molar-refractivity contribution >= 4 is 0 Å². The Labute approximate surface area is 93.2 Å². The second kappa shape index (κ2) is 7.17. The molecule has 0 aromatic carbocycles. The summed E-state index contributed by atoms with van der Waals surface area (Å²) in [4.78, 5) is 0. The van der Waals surface area contributed by atoms with E-state index >= 15 is 0 Å². The Hall–Kier alpha value is -0.160. The van der Waals surface area contributed by atoms with Gasteiger partial charge in [-0.2, -0.15) is 0 Å². The van der Waals surface area contributed by atoms with Crippen molar-refractivity contribution in [1.29, 1.82) is 0 Å². The molecule has 0 fully saturated rings. The van der Waals surface area contributed by atoms with Crippen molar-refractivity contribution in [3.05, 3.63) is 0 Å². The van der Waals surface area contributed by atoms with Gasteiger partial charge in [0.2, 0.25) is 0 Å². The van der Waals surface area contributed by atoms with E-state index in [4.69, 9.17) is 15.6 Å². The van der Waals surface area contributed by atoms with E-state index in [1.54, 1.807) is 7.11 Å². The first-order valence-corrected chi connectivity index (χ1v) is 5.60. The van der Waals surface area contributed by atoms with Crippen LogP contribution in [-0.4, -0.2) is 43.6 Å². The van der Waals surface area contributed by atoms with Crippen LogP contribution in [0.3, 0.4) is 0 Å². The molecule has 4 heteroatoms. The van der Waals surface area contributed by atoms with E-state index in [-0.39, 0.29) is 18.2 Å². The minimum atomic E-state index is -0.191. The molecule has 0 rings (SSSR count). The second-order valence-electron chi connectivity index (χ2n) is 4.51. The van der Waals surface area contributed by atoms with Crippen LogP contribution in [0.4, 0.5) is 0 Å². The molecule has 0 aliphatic heterocycles. The molecule has 0 aliphatic rings. The van der Waals surface area contributed by atoms with Crippen LogP contribution in [0.1, 0.15) is 27.2 Å². The minimum absolute atomic E-state index is 0.191. The van der Waals surface area contributed by atoms with Gasteiger partial charge in [0.05, 0.1) is 12.1 Å². The van der Waals surface area contributed by atoms with Gasteiger partial charge in [0.1, 0.15) is 0 Å². The van der Waals surface area contributed by atoms with Crippen LogP contribution in [0.15, 0.2) is 0 Å². The van der Waals surface area contributed by atoms with Gasteiger partial charge >= 0.3 is 0 Å². The lowest BCUT2D eigenvalue weighted by molar-refractivity contribution is 0.0725. The first-order chi connectivity index (χ1) is 7.02. The SMILES string of the molecule is COCC(CN)(NC(C)CCO)C(C)C. The molecule has 0 aliphatic carbocycles. The lowest BCUT2D eigenvalue weighted by Crippen LogP contribution is -2.61. The van der Waals surface area contributed by atoms with Gasteiger partial charge in [-0.15, -0.1) is 0 Å². The molecule has 0 aromatic rings. The number of aliphatic hydroxyl groups is 1. The third-order valence-corrected chi connectivity index (χ3v) is 2.97. The lowest BCUT2D eigenvalue weighted by atomic mass is 9.86. The molecular formula is C11H26N2O2. The van der Waals surface area contributed by atoms with E-state index in [9.17, 15) is 0 Å². The van der Waals surface area contributed by atoms with Crippen molar-refractivity contribution in [1.82, 2.24) is 5.32 Å². The van der Waals surface area contributed by atoms with Crippen molar-refractivity contribution in [2.45, 2.75) is 38.8 Å². The Bertz CT molecular complexity index is 165. The average Bonchev–Trinajstić information content (AvgIpc) is 2.17. The van der Waals surface area contributed by atoms with Crippen LogP contribution in [-0.2, 0) is 4.74 Å². The van der Waals surface area contributed by atoms with Gasteiger partial charge in [-0.05, 0) is 19.3 Å².